The second-order valence-electron chi connectivity index (χ2n) is 4.49. The van der Waals surface area contributed by atoms with Gasteiger partial charge >= 0.3 is 11.9 Å². The Hall–Kier alpha value is -2.04. The van der Waals surface area contributed by atoms with Gasteiger partial charge in [-0.05, 0) is 37.5 Å². The standard InChI is InChI=1S/C15H20O5/c1-4-15(13(16)17,14(18)20-5-2)10-11-7-6-8-12(9-11)19-3/h6-9H,4-5,10H2,1-3H3,(H,16,17). The molecule has 0 aliphatic rings. The summed E-state index contributed by atoms with van der Waals surface area (Å²) in [5.41, 5.74) is -0.829. The van der Waals surface area contributed by atoms with Crippen LogP contribution in [0, 0.1) is 5.41 Å². The second-order valence-corrected chi connectivity index (χ2v) is 4.49. The second kappa shape index (κ2) is 6.93. The summed E-state index contributed by atoms with van der Waals surface area (Å²) in [6, 6.07) is 7.03. The minimum absolute atomic E-state index is 0.0782. The molecule has 1 aromatic rings. The zero-order valence-electron chi connectivity index (χ0n) is 12.0. The number of carboxylic acid groups (broad SMARTS) is 1. The maximum Gasteiger partial charge on any atom is 0.323 e. The third kappa shape index (κ3) is 3.29. The first kappa shape index (κ1) is 16.0. The van der Waals surface area contributed by atoms with Crippen LogP contribution in [0.4, 0.5) is 0 Å². The van der Waals surface area contributed by atoms with E-state index >= 15 is 0 Å². The lowest BCUT2D eigenvalue weighted by molar-refractivity contribution is -0.168. The summed E-state index contributed by atoms with van der Waals surface area (Å²) in [7, 11) is 1.54. The first-order chi connectivity index (χ1) is 9.50. The van der Waals surface area contributed by atoms with Crippen molar-refractivity contribution < 1.29 is 24.2 Å². The number of ether oxygens (including phenoxy) is 2. The molecule has 0 spiro atoms. The number of methoxy groups -OCH3 is 1. The number of esters is 1. The average Bonchev–Trinajstić information content (AvgIpc) is 2.44. The van der Waals surface area contributed by atoms with Crippen LogP contribution in [-0.2, 0) is 20.7 Å². The topological polar surface area (TPSA) is 72.8 Å². The van der Waals surface area contributed by atoms with Crippen molar-refractivity contribution in [3.05, 3.63) is 29.8 Å². The zero-order chi connectivity index (χ0) is 15.2. The number of aliphatic carboxylic acids is 1. The maximum absolute atomic E-state index is 12.1. The van der Waals surface area contributed by atoms with Gasteiger partial charge in [-0.15, -0.1) is 0 Å². The molecule has 0 aliphatic carbocycles. The number of carbonyl (C=O) groups excluding carboxylic acids is 1. The van der Waals surface area contributed by atoms with Crippen LogP contribution in [0.15, 0.2) is 24.3 Å². The van der Waals surface area contributed by atoms with Gasteiger partial charge in [0.25, 0.3) is 0 Å². The van der Waals surface area contributed by atoms with E-state index in [0.29, 0.717) is 5.75 Å². The molecule has 0 aliphatic heterocycles. The minimum Gasteiger partial charge on any atom is -0.497 e. The Morgan fingerprint density at radius 3 is 2.50 bits per heavy atom. The largest absolute Gasteiger partial charge is 0.497 e. The van der Waals surface area contributed by atoms with Crippen molar-refractivity contribution in [1.29, 1.82) is 0 Å². The zero-order valence-corrected chi connectivity index (χ0v) is 12.0. The lowest BCUT2D eigenvalue weighted by Gasteiger charge is -2.25. The van der Waals surface area contributed by atoms with Crippen LogP contribution in [0.5, 0.6) is 5.75 Å². The van der Waals surface area contributed by atoms with Crippen molar-refractivity contribution in [2.45, 2.75) is 26.7 Å². The van der Waals surface area contributed by atoms with E-state index in [4.69, 9.17) is 9.47 Å². The van der Waals surface area contributed by atoms with Crippen LogP contribution in [0.2, 0.25) is 0 Å². The first-order valence-corrected chi connectivity index (χ1v) is 6.53. The maximum atomic E-state index is 12.1. The third-order valence-corrected chi connectivity index (χ3v) is 3.32. The van der Waals surface area contributed by atoms with Gasteiger partial charge in [0.1, 0.15) is 5.75 Å². The molecule has 0 radical (unpaired) electrons. The molecule has 5 heteroatoms. The summed E-state index contributed by atoms with van der Waals surface area (Å²) in [5, 5.41) is 9.48. The Morgan fingerprint density at radius 1 is 1.30 bits per heavy atom. The Morgan fingerprint density at radius 2 is 2.00 bits per heavy atom. The highest BCUT2D eigenvalue weighted by Crippen LogP contribution is 2.30. The molecule has 1 atom stereocenters. The fourth-order valence-electron chi connectivity index (χ4n) is 2.06. The summed E-state index contributed by atoms with van der Waals surface area (Å²) in [6.07, 6.45) is 0.243. The molecule has 0 aromatic heterocycles. The predicted molar refractivity (Wildman–Crippen MR) is 73.7 cm³/mol. The molecule has 0 bridgehead atoms. The van der Waals surface area contributed by atoms with E-state index in [2.05, 4.69) is 0 Å². The van der Waals surface area contributed by atoms with Crippen LogP contribution in [0.3, 0.4) is 0 Å². The van der Waals surface area contributed by atoms with E-state index < -0.39 is 17.4 Å². The number of hydrogen-bond donors (Lipinski definition) is 1. The molecule has 1 aromatic carbocycles. The Kier molecular flexibility index (Phi) is 5.55. The SMILES string of the molecule is CCOC(=O)C(CC)(Cc1cccc(OC)c1)C(=O)O. The molecular formula is C15H20O5. The highest BCUT2D eigenvalue weighted by Gasteiger charge is 2.46. The number of hydrogen-bond acceptors (Lipinski definition) is 4. The molecule has 0 saturated heterocycles. The van der Waals surface area contributed by atoms with Gasteiger partial charge in [-0.3, -0.25) is 9.59 Å². The van der Waals surface area contributed by atoms with Gasteiger partial charge in [-0.25, -0.2) is 0 Å². The number of benzene rings is 1. The summed E-state index contributed by atoms with van der Waals surface area (Å²) in [4.78, 5) is 23.7. The highest BCUT2D eigenvalue weighted by molar-refractivity contribution is 5.99. The minimum atomic E-state index is -1.55. The first-order valence-electron chi connectivity index (χ1n) is 6.53. The van der Waals surface area contributed by atoms with E-state index in [9.17, 15) is 14.7 Å². The van der Waals surface area contributed by atoms with E-state index in [1.54, 1.807) is 38.1 Å². The van der Waals surface area contributed by atoms with Gasteiger partial charge in [0.15, 0.2) is 5.41 Å². The fraction of sp³-hybridized carbons (Fsp3) is 0.467. The molecule has 0 fully saturated rings. The molecule has 1 unspecified atom stereocenters. The third-order valence-electron chi connectivity index (χ3n) is 3.32. The lowest BCUT2D eigenvalue weighted by Crippen LogP contribution is -2.42. The van der Waals surface area contributed by atoms with E-state index in [1.807, 2.05) is 0 Å². The van der Waals surface area contributed by atoms with Crippen molar-refractivity contribution in [1.82, 2.24) is 0 Å². The van der Waals surface area contributed by atoms with Crippen molar-refractivity contribution in [3.8, 4) is 5.75 Å². The summed E-state index contributed by atoms with van der Waals surface area (Å²) in [5.74, 6) is -1.24. The van der Waals surface area contributed by atoms with Crippen molar-refractivity contribution in [2.24, 2.45) is 5.41 Å². The summed E-state index contributed by atoms with van der Waals surface area (Å²) >= 11 is 0. The van der Waals surface area contributed by atoms with Crippen LogP contribution < -0.4 is 4.74 Å². The molecule has 5 nitrogen and oxygen atoms in total. The van der Waals surface area contributed by atoms with Crippen molar-refractivity contribution in [3.63, 3.8) is 0 Å². The van der Waals surface area contributed by atoms with Crippen LogP contribution in [0.1, 0.15) is 25.8 Å². The van der Waals surface area contributed by atoms with Gasteiger partial charge in [0.05, 0.1) is 13.7 Å². The normalized spacial score (nSPS) is 13.3. The van der Waals surface area contributed by atoms with Gasteiger partial charge in [0, 0.05) is 0 Å². The predicted octanol–water partition coefficient (Wildman–Crippen LogP) is 2.28. The Balaban J connectivity index is 3.11. The van der Waals surface area contributed by atoms with Gasteiger partial charge in [-0.1, -0.05) is 19.1 Å². The molecule has 0 amide bonds. The van der Waals surface area contributed by atoms with Crippen molar-refractivity contribution in [2.75, 3.05) is 13.7 Å². The van der Waals surface area contributed by atoms with Crippen LogP contribution >= 0.6 is 0 Å². The number of carbonyl (C=O) groups is 2. The molecule has 110 valence electrons. The monoisotopic (exact) mass is 280 g/mol. The van der Waals surface area contributed by atoms with E-state index in [0.717, 1.165) is 5.56 Å². The number of rotatable bonds is 7. The highest BCUT2D eigenvalue weighted by atomic mass is 16.5. The van der Waals surface area contributed by atoms with E-state index in [-0.39, 0.29) is 19.4 Å². The molecule has 0 heterocycles. The fourth-order valence-corrected chi connectivity index (χ4v) is 2.06. The summed E-state index contributed by atoms with van der Waals surface area (Å²) < 4.78 is 10.0. The molecule has 1 N–H and O–H groups in total. The summed E-state index contributed by atoms with van der Waals surface area (Å²) in [6.45, 7) is 3.49. The lowest BCUT2D eigenvalue weighted by atomic mass is 9.79. The van der Waals surface area contributed by atoms with Gasteiger partial charge in [0.2, 0.25) is 0 Å². The molecule has 0 saturated carbocycles. The Labute approximate surface area is 118 Å². The van der Waals surface area contributed by atoms with Crippen LogP contribution in [0.25, 0.3) is 0 Å². The Bertz CT molecular complexity index is 483. The average molecular weight is 280 g/mol. The molecule has 20 heavy (non-hydrogen) atoms. The quantitative estimate of drug-likeness (QED) is 0.612. The van der Waals surface area contributed by atoms with E-state index in [1.165, 1.54) is 7.11 Å². The number of carboxylic acids is 1. The molecular weight excluding hydrogens is 260 g/mol. The van der Waals surface area contributed by atoms with Crippen LogP contribution in [-0.4, -0.2) is 30.8 Å². The van der Waals surface area contributed by atoms with Gasteiger partial charge < -0.3 is 14.6 Å². The smallest absolute Gasteiger partial charge is 0.323 e. The van der Waals surface area contributed by atoms with Gasteiger partial charge in [-0.2, -0.15) is 0 Å². The molecule has 1 rings (SSSR count). The van der Waals surface area contributed by atoms with Crippen molar-refractivity contribution >= 4 is 11.9 Å².